The molecular weight excluding hydrogens is 486 g/mol. The van der Waals surface area contributed by atoms with Crippen LogP contribution >= 0.6 is 0 Å². The van der Waals surface area contributed by atoms with Crippen LogP contribution in [-0.2, 0) is 19.4 Å². The van der Waals surface area contributed by atoms with Crippen LogP contribution in [0.15, 0.2) is 0 Å². The average molecular weight is 532 g/mol. The first-order valence-electron chi connectivity index (χ1n) is 13.7. The van der Waals surface area contributed by atoms with E-state index >= 15 is 0 Å². The third kappa shape index (κ3) is 5.36. The first kappa shape index (κ1) is 28.2. The van der Waals surface area contributed by atoms with Crippen molar-refractivity contribution in [2.24, 2.45) is 46.3 Å². The number of amides is 1. The molecule has 0 heterocycles. The summed E-state index contributed by atoms with van der Waals surface area (Å²) in [5.74, 6) is 1.13. The zero-order valence-electron chi connectivity index (χ0n) is 21.8. The molecule has 0 saturated heterocycles. The van der Waals surface area contributed by atoms with Crippen molar-refractivity contribution in [1.29, 1.82) is 0 Å². The minimum absolute atomic E-state index is 0.000160. The highest BCUT2D eigenvalue weighted by atomic mass is 32.3. The van der Waals surface area contributed by atoms with Crippen molar-refractivity contribution >= 4 is 16.3 Å². The molecule has 11 atom stereocenters. The summed E-state index contributed by atoms with van der Waals surface area (Å²) in [6.07, 6.45) is 5.60. The summed E-state index contributed by atoms with van der Waals surface area (Å²) in [6.45, 7) is 6.42. The maximum Gasteiger partial charge on any atom is 0.397 e. The lowest BCUT2D eigenvalue weighted by Gasteiger charge is -2.63. The van der Waals surface area contributed by atoms with E-state index in [2.05, 4.69) is 30.3 Å². The van der Waals surface area contributed by atoms with Crippen LogP contribution in [0.3, 0.4) is 0 Å². The number of aliphatic hydroxyl groups is 3. The lowest BCUT2D eigenvalue weighted by molar-refractivity contribution is -0.213. The predicted molar refractivity (Wildman–Crippen MR) is 133 cm³/mol. The highest BCUT2D eigenvalue weighted by Gasteiger charge is 2.65. The molecule has 0 aromatic carbocycles. The Kier molecular flexibility index (Phi) is 8.17. The zero-order chi connectivity index (χ0) is 26.5. The molecule has 4 aliphatic rings. The lowest BCUT2D eigenvalue weighted by atomic mass is 9.43. The highest BCUT2D eigenvalue weighted by Crippen LogP contribution is 2.68. The van der Waals surface area contributed by atoms with Crippen LogP contribution in [0.2, 0.25) is 0 Å². The van der Waals surface area contributed by atoms with Crippen LogP contribution in [-0.4, -0.2) is 65.7 Å². The fourth-order valence-electron chi connectivity index (χ4n) is 9.27. The van der Waals surface area contributed by atoms with Crippen LogP contribution in [0.25, 0.3) is 0 Å². The van der Waals surface area contributed by atoms with Crippen molar-refractivity contribution in [2.45, 2.75) is 96.9 Å². The molecule has 9 nitrogen and oxygen atoms in total. The third-order valence-corrected chi connectivity index (χ3v) is 11.3. The molecule has 5 N–H and O–H groups in total. The van der Waals surface area contributed by atoms with Crippen molar-refractivity contribution in [1.82, 2.24) is 5.32 Å². The van der Waals surface area contributed by atoms with Gasteiger partial charge >= 0.3 is 10.4 Å². The van der Waals surface area contributed by atoms with Gasteiger partial charge in [0.2, 0.25) is 5.91 Å². The standard InChI is InChI=1S/C26H45NO8S/c1-15(4-7-22(31)27-10-11-35-36(32,33)34)18-5-6-19-23-20(29)13-16-12-17(28)8-9-25(16,2)24(23)21(30)14-26(18,19)3/h15-21,23-24,28-30H,4-14H2,1-3H3,(H,27,31)(H,32,33,34)/t15-,16+,17-,18-,19?,20-,21-,23?,24?,25+,26-/m1/s1. The van der Waals surface area contributed by atoms with E-state index in [1.807, 2.05) is 0 Å². The van der Waals surface area contributed by atoms with E-state index in [4.69, 9.17) is 4.55 Å². The van der Waals surface area contributed by atoms with Crippen LogP contribution < -0.4 is 5.32 Å². The molecule has 0 aromatic heterocycles. The Labute approximate surface area is 215 Å². The van der Waals surface area contributed by atoms with E-state index in [1.54, 1.807) is 0 Å². The number of nitrogens with one attached hydrogen (secondary N) is 1. The van der Waals surface area contributed by atoms with Gasteiger partial charge in [-0.15, -0.1) is 0 Å². The molecule has 4 rings (SSSR count). The largest absolute Gasteiger partial charge is 0.397 e. The number of carbonyl (C=O) groups is 1. The van der Waals surface area contributed by atoms with Crippen molar-refractivity contribution < 1.29 is 37.3 Å². The Balaban J connectivity index is 1.39. The Hall–Kier alpha value is -0.780. The van der Waals surface area contributed by atoms with Gasteiger partial charge in [-0.2, -0.15) is 8.42 Å². The molecule has 4 saturated carbocycles. The summed E-state index contributed by atoms with van der Waals surface area (Å²) >= 11 is 0. The number of hydrogen-bond acceptors (Lipinski definition) is 7. The van der Waals surface area contributed by atoms with Gasteiger partial charge in [0.25, 0.3) is 0 Å². The quantitative estimate of drug-likeness (QED) is 0.236. The molecule has 1 amide bonds. The molecule has 3 unspecified atom stereocenters. The molecule has 0 radical (unpaired) electrons. The SMILES string of the molecule is C[C@H](CCC(=O)NCCOS(=O)(=O)O)[C@H]1CCC2C3C([C@H](O)C[C@@]21C)[C@@]1(C)CC[C@@H](O)C[C@H]1C[C@H]3O. The Morgan fingerprint density at radius 3 is 2.50 bits per heavy atom. The van der Waals surface area contributed by atoms with Crippen molar-refractivity contribution in [3.05, 3.63) is 0 Å². The number of aliphatic hydroxyl groups excluding tert-OH is 3. The van der Waals surface area contributed by atoms with Gasteiger partial charge in [-0.25, -0.2) is 4.18 Å². The topological polar surface area (TPSA) is 153 Å². The minimum atomic E-state index is -4.51. The molecule has 0 spiro atoms. The van der Waals surface area contributed by atoms with Gasteiger partial charge in [0.15, 0.2) is 0 Å². The highest BCUT2D eigenvalue weighted by molar-refractivity contribution is 7.80. The van der Waals surface area contributed by atoms with Gasteiger partial charge < -0.3 is 20.6 Å². The van der Waals surface area contributed by atoms with Gasteiger partial charge in [0.05, 0.1) is 24.9 Å². The first-order valence-corrected chi connectivity index (χ1v) is 15.1. The fourth-order valence-corrected chi connectivity index (χ4v) is 9.56. The maximum atomic E-state index is 12.3. The second-order valence-corrected chi connectivity index (χ2v) is 13.8. The molecule has 0 bridgehead atoms. The summed E-state index contributed by atoms with van der Waals surface area (Å²) in [5.41, 5.74) is -0.150. The fraction of sp³-hybridized carbons (Fsp3) is 0.962. The first-order chi connectivity index (χ1) is 16.8. The van der Waals surface area contributed by atoms with Crippen molar-refractivity contribution in [3.63, 3.8) is 0 Å². The van der Waals surface area contributed by atoms with Gasteiger partial charge in [-0.1, -0.05) is 20.8 Å². The van der Waals surface area contributed by atoms with Gasteiger partial charge in [0.1, 0.15) is 0 Å². The van der Waals surface area contributed by atoms with Crippen LogP contribution in [0.5, 0.6) is 0 Å². The zero-order valence-corrected chi connectivity index (χ0v) is 22.6. The molecule has 0 aromatic rings. The number of hydrogen-bond donors (Lipinski definition) is 5. The summed E-state index contributed by atoms with van der Waals surface area (Å²) in [5, 5.41) is 35.8. The normalized spacial score (nSPS) is 45.3. The number of carbonyl (C=O) groups excluding carboxylic acids is 1. The van der Waals surface area contributed by atoms with E-state index in [1.165, 1.54) is 0 Å². The Bertz CT molecular complexity index is 914. The van der Waals surface area contributed by atoms with Gasteiger partial charge in [0, 0.05) is 13.0 Å². The Morgan fingerprint density at radius 1 is 1.08 bits per heavy atom. The van der Waals surface area contributed by atoms with Crippen molar-refractivity contribution in [2.75, 3.05) is 13.2 Å². The molecule has 10 heteroatoms. The van der Waals surface area contributed by atoms with Crippen LogP contribution in [0.4, 0.5) is 0 Å². The molecule has 4 aliphatic carbocycles. The molecule has 36 heavy (non-hydrogen) atoms. The summed E-state index contributed by atoms with van der Waals surface area (Å²) in [7, 11) is -4.51. The second-order valence-electron chi connectivity index (χ2n) is 12.7. The van der Waals surface area contributed by atoms with E-state index in [-0.39, 0.29) is 59.7 Å². The number of fused-ring (bicyclic) bond motifs is 5. The van der Waals surface area contributed by atoms with Crippen LogP contribution in [0, 0.1) is 46.3 Å². The summed E-state index contributed by atoms with van der Waals surface area (Å²) in [4.78, 5) is 12.3. The van der Waals surface area contributed by atoms with Crippen LogP contribution in [0.1, 0.15) is 78.6 Å². The van der Waals surface area contributed by atoms with E-state index in [0.29, 0.717) is 37.5 Å². The molecule has 208 valence electrons. The third-order valence-electron chi connectivity index (χ3n) is 10.8. The summed E-state index contributed by atoms with van der Waals surface area (Å²) < 4.78 is 34.0. The average Bonchev–Trinajstić information content (AvgIpc) is 3.12. The monoisotopic (exact) mass is 531 g/mol. The summed E-state index contributed by atoms with van der Waals surface area (Å²) in [6, 6.07) is 0. The molecular formula is C26H45NO8S. The van der Waals surface area contributed by atoms with E-state index < -0.39 is 22.6 Å². The predicted octanol–water partition coefficient (Wildman–Crippen LogP) is 2.30. The van der Waals surface area contributed by atoms with Gasteiger partial charge in [-0.3, -0.25) is 9.35 Å². The number of rotatable bonds is 8. The van der Waals surface area contributed by atoms with E-state index in [9.17, 15) is 28.5 Å². The Morgan fingerprint density at radius 2 is 1.81 bits per heavy atom. The maximum absolute atomic E-state index is 12.3. The molecule has 4 fully saturated rings. The molecule has 0 aliphatic heterocycles. The van der Waals surface area contributed by atoms with Crippen molar-refractivity contribution in [3.8, 4) is 0 Å². The lowest BCUT2D eigenvalue weighted by Crippen LogP contribution is -2.63. The second kappa shape index (κ2) is 10.4. The smallest absolute Gasteiger partial charge is 0.393 e. The minimum Gasteiger partial charge on any atom is -0.393 e. The van der Waals surface area contributed by atoms with E-state index in [0.717, 1.165) is 32.1 Å². The van der Waals surface area contributed by atoms with Gasteiger partial charge in [-0.05, 0) is 97.7 Å².